The van der Waals surface area contributed by atoms with E-state index >= 15 is 0 Å². The van der Waals surface area contributed by atoms with Crippen molar-refractivity contribution in [1.82, 2.24) is 25.4 Å². The molecule has 9 heteroatoms. The Balaban J connectivity index is 1.83. The largest absolute Gasteiger partial charge is 0.314 e. The fourth-order valence-electron chi connectivity index (χ4n) is 1.67. The van der Waals surface area contributed by atoms with Crippen molar-refractivity contribution in [3.63, 3.8) is 0 Å². The average Bonchev–Trinajstić information content (AvgIpc) is 2.38. The van der Waals surface area contributed by atoms with Gasteiger partial charge in [0, 0.05) is 32.7 Å². The summed E-state index contributed by atoms with van der Waals surface area (Å²) in [6.07, 6.45) is 2.78. The van der Waals surface area contributed by atoms with E-state index in [-0.39, 0.29) is 11.7 Å². The van der Waals surface area contributed by atoms with Crippen LogP contribution in [0.25, 0.3) is 0 Å². The van der Waals surface area contributed by atoms with Gasteiger partial charge in [0.25, 0.3) is 5.95 Å². The van der Waals surface area contributed by atoms with Crippen LogP contribution >= 0.6 is 0 Å². The molecule has 18 heavy (non-hydrogen) atoms. The van der Waals surface area contributed by atoms with Crippen LogP contribution in [-0.4, -0.2) is 67.0 Å². The lowest BCUT2D eigenvalue weighted by molar-refractivity contribution is 0.254. The number of aromatic nitrogens is 3. The summed E-state index contributed by atoms with van der Waals surface area (Å²) in [5, 5.41) is 10.4. The van der Waals surface area contributed by atoms with E-state index in [1.807, 2.05) is 0 Å². The lowest BCUT2D eigenvalue weighted by Crippen LogP contribution is -2.45. The van der Waals surface area contributed by atoms with Crippen molar-refractivity contribution in [2.75, 3.05) is 43.2 Å². The number of rotatable bonds is 5. The highest BCUT2D eigenvalue weighted by Crippen LogP contribution is 2.00. The van der Waals surface area contributed by atoms with Gasteiger partial charge in [-0.05, 0) is 0 Å². The zero-order valence-electron chi connectivity index (χ0n) is 9.91. The second kappa shape index (κ2) is 6.03. The van der Waals surface area contributed by atoms with E-state index in [0.717, 1.165) is 26.2 Å². The molecule has 1 fully saturated rings. The van der Waals surface area contributed by atoms with Gasteiger partial charge in [-0.2, -0.15) is 5.10 Å². The van der Waals surface area contributed by atoms with Gasteiger partial charge < -0.3 is 5.32 Å². The first-order valence-electron chi connectivity index (χ1n) is 5.73. The number of nitrogens with one attached hydrogen (secondary N) is 2. The van der Waals surface area contributed by atoms with E-state index in [0.29, 0.717) is 6.54 Å². The predicted octanol–water partition coefficient (Wildman–Crippen LogP) is -1.48. The summed E-state index contributed by atoms with van der Waals surface area (Å²) in [7, 11) is -3.41. The quantitative estimate of drug-likeness (QED) is 0.674. The Hall–Kier alpha value is -1.32. The molecule has 1 aromatic rings. The molecule has 0 saturated carbocycles. The molecule has 2 rings (SSSR count). The lowest BCUT2D eigenvalue weighted by Gasteiger charge is -2.26. The fraction of sp³-hybridized carbons (Fsp3) is 0.667. The molecule has 1 aliphatic heterocycles. The highest BCUT2D eigenvalue weighted by molar-refractivity contribution is 7.92. The summed E-state index contributed by atoms with van der Waals surface area (Å²) in [4.78, 5) is 5.88. The number of anilines is 1. The van der Waals surface area contributed by atoms with Crippen molar-refractivity contribution in [3.8, 4) is 0 Å². The number of nitrogens with zero attached hydrogens (tertiary/aromatic N) is 4. The molecule has 1 aromatic heterocycles. The topological polar surface area (TPSA) is 100 Å². The van der Waals surface area contributed by atoms with Crippen molar-refractivity contribution in [3.05, 3.63) is 12.4 Å². The molecule has 1 aliphatic rings. The van der Waals surface area contributed by atoms with E-state index in [1.165, 1.54) is 12.4 Å². The summed E-state index contributed by atoms with van der Waals surface area (Å²) < 4.78 is 25.9. The normalized spacial score (nSPS) is 17.6. The monoisotopic (exact) mass is 272 g/mol. The molecular weight excluding hydrogens is 256 g/mol. The van der Waals surface area contributed by atoms with Crippen LogP contribution in [0, 0.1) is 0 Å². The number of piperazine rings is 1. The molecule has 2 N–H and O–H groups in total. The molecule has 0 unspecified atom stereocenters. The summed E-state index contributed by atoms with van der Waals surface area (Å²) in [5.74, 6) is 0.0449. The molecule has 0 aliphatic carbocycles. The maximum Gasteiger partial charge on any atom is 0.256 e. The fourth-order valence-corrected chi connectivity index (χ4v) is 2.64. The molecule has 8 nitrogen and oxygen atoms in total. The zero-order valence-corrected chi connectivity index (χ0v) is 10.7. The van der Waals surface area contributed by atoms with Gasteiger partial charge in [-0.3, -0.25) is 4.90 Å². The smallest absolute Gasteiger partial charge is 0.256 e. The Morgan fingerprint density at radius 1 is 1.33 bits per heavy atom. The Labute approximate surface area is 106 Å². The minimum Gasteiger partial charge on any atom is -0.314 e. The van der Waals surface area contributed by atoms with Crippen LogP contribution in [0.15, 0.2) is 12.4 Å². The first-order valence-corrected chi connectivity index (χ1v) is 7.38. The molecule has 0 bridgehead atoms. The van der Waals surface area contributed by atoms with E-state index in [9.17, 15) is 8.42 Å². The molecule has 1 saturated heterocycles. The number of hydrogen-bond donors (Lipinski definition) is 2. The Morgan fingerprint density at radius 3 is 2.78 bits per heavy atom. The highest BCUT2D eigenvalue weighted by atomic mass is 32.2. The van der Waals surface area contributed by atoms with Gasteiger partial charge in [0.2, 0.25) is 10.0 Å². The van der Waals surface area contributed by atoms with Gasteiger partial charge in [0.1, 0.15) is 0 Å². The molecule has 0 aromatic carbocycles. The third-order valence-corrected chi connectivity index (χ3v) is 3.83. The zero-order chi connectivity index (χ0) is 12.8. The summed E-state index contributed by atoms with van der Waals surface area (Å²) in [6.45, 7) is 4.06. The Kier molecular flexibility index (Phi) is 4.39. The van der Waals surface area contributed by atoms with Gasteiger partial charge in [-0.15, -0.1) is 5.10 Å². The second-order valence-corrected chi connectivity index (χ2v) is 5.82. The molecule has 0 amide bonds. The Bertz CT molecular complexity index is 459. The van der Waals surface area contributed by atoms with Crippen LogP contribution in [0.5, 0.6) is 0 Å². The number of sulfonamides is 1. The molecule has 0 radical (unpaired) electrons. The molecule has 2 heterocycles. The van der Waals surface area contributed by atoms with E-state index in [1.54, 1.807) is 0 Å². The minimum absolute atomic E-state index is 0.0119. The van der Waals surface area contributed by atoms with Crippen molar-refractivity contribution >= 4 is 16.0 Å². The molecule has 0 atom stereocenters. The van der Waals surface area contributed by atoms with Crippen molar-refractivity contribution in [2.45, 2.75) is 0 Å². The Morgan fingerprint density at radius 2 is 2.11 bits per heavy atom. The lowest BCUT2D eigenvalue weighted by atomic mass is 10.4. The van der Waals surface area contributed by atoms with Gasteiger partial charge in [-0.25, -0.2) is 18.1 Å². The van der Waals surface area contributed by atoms with Crippen LogP contribution in [0.2, 0.25) is 0 Å². The van der Waals surface area contributed by atoms with Gasteiger partial charge in [0.05, 0.1) is 18.1 Å². The maximum absolute atomic E-state index is 11.8. The van der Waals surface area contributed by atoms with Crippen LogP contribution in [0.1, 0.15) is 0 Å². The predicted molar refractivity (Wildman–Crippen MR) is 66.5 cm³/mol. The van der Waals surface area contributed by atoms with Crippen molar-refractivity contribution in [1.29, 1.82) is 0 Å². The minimum atomic E-state index is -3.41. The molecular formula is C9H16N6O2S. The van der Waals surface area contributed by atoms with Crippen LogP contribution in [-0.2, 0) is 10.0 Å². The first kappa shape index (κ1) is 13.1. The van der Waals surface area contributed by atoms with Gasteiger partial charge in [-0.1, -0.05) is 0 Å². The van der Waals surface area contributed by atoms with Gasteiger partial charge >= 0.3 is 0 Å². The number of hydrogen-bond acceptors (Lipinski definition) is 7. The van der Waals surface area contributed by atoms with Crippen molar-refractivity contribution in [2.24, 2.45) is 0 Å². The van der Waals surface area contributed by atoms with Crippen LogP contribution in [0.4, 0.5) is 5.95 Å². The highest BCUT2D eigenvalue weighted by Gasteiger charge is 2.16. The third-order valence-electron chi connectivity index (χ3n) is 2.62. The van der Waals surface area contributed by atoms with E-state index < -0.39 is 10.0 Å². The maximum atomic E-state index is 11.8. The van der Waals surface area contributed by atoms with Gasteiger partial charge in [0.15, 0.2) is 0 Å². The average molecular weight is 272 g/mol. The van der Waals surface area contributed by atoms with E-state index in [4.69, 9.17) is 0 Å². The first-order chi connectivity index (χ1) is 8.66. The molecule has 0 spiro atoms. The second-order valence-electron chi connectivity index (χ2n) is 3.98. The summed E-state index contributed by atoms with van der Waals surface area (Å²) >= 11 is 0. The third kappa shape index (κ3) is 4.17. The molecule has 100 valence electrons. The van der Waals surface area contributed by atoms with Crippen LogP contribution in [0.3, 0.4) is 0 Å². The SMILES string of the molecule is O=S(=O)(CCN1CCNCC1)Nc1nccnn1. The van der Waals surface area contributed by atoms with Crippen LogP contribution < -0.4 is 10.0 Å². The van der Waals surface area contributed by atoms with E-state index in [2.05, 4.69) is 30.1 Å². The standard InChI is InChI=1S/C9H16N6O2S/c16-18(17,14-9-11-1-2-12-13-9)8-7-15-5-3-10-4-6-15/h1-2,10H,3-8H2,(H,11,13,14). The summed E-state index contributed by atoms with van der Waals surface area (Å²) in [5.41, 5.74) is 0. The van der Waals surface area contributed by atoms with Crippen molar-refractivity contribution < 1.29 is 8.42 Å². The summed E-state index contributed by atoms with van der Waals surface area (Å²) in [6, 6.07) is 0.